The third-order valence-corrected chi connectivity index (χ3v) is 4.58. The lowest BCUT2D eigenvalue weighted by Crippen LogP contribution is -2.33. The van der Waals surface area contributed by atoms with Gasteiger partial charge in [0.2, 0.25) is 0 Å². The van der Waals surface area contributed by atoms with Gasteiger partial charge in [-0.25, -0.2) is 4.39 Å². The number of nitrogens with one attached hydrogen (secondary N) is 1. The van der Waals surface area contributed by atoms with Gasteiger partial charge in [-0.05, 0) is 42.2 Å². The largest absolute Gasteiger partial charge is 0.350 e. The maximum Gasteiger partial charge on any atom is 0.268 e. The number of nitrogens with zero attached hydrogens (tertiary/aromatic N) is 1. The SMILES string of the molecule is CCCC[C@@H](CC)CNC(=O)/C(=C\c1ccc(F)cc1)n1ccccc1=O. The first kappa shape index (κ1) is 20.6. The Kier molecular flexibility index (Phi) is 7.99. The highest BCUT2D eigenvalue weighted by molar-refractivity contribution is 6.18. The number of carbonyl (C=O) groups is 1. The van der Waals surface area contributed by atoms with E-state index in [-0.39, 0.29) is 23.0 Å². The molecule has 144 valence electrons. The number of hydrogen-bond acceptors (Lipinski definition) is 2. The van der Waals surface area contributed by atoms with Crippen molar-refractivity contribution in [2.75, 3.05) is 6.54 Å². The van der Waals surface area contributed by atoms with Gasteiger partial charge in [-0.2, -0.15) is 0 Å². The molecular formula is C22H27FN2O2. The summed E-state index contributed by atoms with van der Waals surface area (Å²) in [6.45, 7) is 4.83. The molecule has 0 aliphatic rings. The van der Waals surface area contributed by atoms with E-state index in [1.54, 1.807) is 36.5 Å². The maximum atomic E-state index is 13.2. The minimum absolute atomic E-state index is 0.220. The Morgan fingerprint density at radius 2 is 1.93 bits per heavy atom. The van der Waals surface area contributed by atoms with Crippen LogP contribution in [0.3, 0.4) is 0 Å². The molecule has 27 heavy (non-hydrogen) atoms. The van der Waals surface area contributed by atoms with Gasteiger partial charge in [0.1, 0.15) is 11.5 Å². The normalized spacial score (nSPS) is 12.6. The van der Waals surface area contributed by atoms with E-state index in [4.69, 9.17) is 0 Å². The highest BCUT2D eigenvalue weighted by Crippen LogP contribution is 2.14. The second-order valence-electron chi connectivity index (χ2n) is 6.62. The summed E-state index contributed by atoms with van der Waals surface area (Å²) < 4.78 is 14.5. The van der Waals surface area contributed by atoms with Crippen LogP contribution >= 0.6 is 0 Å². The third kappa shape index (κ3) is 6.20. The summed E-state index contributed by atoms with van der Waals surface area (Å²) in [6, 6.07) is 10.5. The predicted octanol–water partition coefficient (Wildman–Crippen LogP) is 4.32. The van der Waals surface area contributed by atoms with Crippen LogP contribution in [0.15, 0.2) is 53.5 Å². The highest BCUT2D eigenvalue weighted by atomic mass is 19.1. The van der Waals surface area contributed by atoms with Crippen LogP contribution in [0, 0.1) is 11.7 Å². The number of aromatic nitrogens is 1. The van der Waals surface area contributed by atoms with Crippen molar-refractivity contribution in [3.63, 3.8) is 0 Å². The molecule has 0 aliphatic carbocycles. The molecule has 1 aromatic carbocycles. The zero-order valence-corrected chi connectivity index (χ0v) is 16.0. The molecule has 1 atom stereocenters. The van der Waals surface area contributed by atoms with Crippen LogP contribution in [0.2, 0.25) is 0 Å². The van der Waals surface area contributed by atoms with Crippen LogP contribution in [0.1, 0.15) is 45.1 Å². The molecule has 0 aliphatic heterocycles. The fraction of sp³-hybridized carbons (Fsp3) is 0.364. The number of rotatable bonds is 9. The zero-order valence-electron chi connectivity index (χ0n) is 16.0. The van der Waals surface area contributed by atoms with Crippen LogP contribution in [-0.4, -0.2) is 17.0 Å². The molecule has 0 saturated heterocycles. The van der Waals surface area contributed by atoms with Gasteiger partial charge in [0, 0.05) is 18.8 Å². The molecule has 0 spiro atoms. The second-order valence-corrected chi connectivity index (χ2v) is 6.62. The number of halogens is 1. The minimum atomic E-state index is -0.350. The molecular weight excluding hydrogens is 343 g/mol. The molecule has 0 bridgehead atoms. The Bertz CT molecular complexity index is 825. The predicted molar refractivity (Wildman–Crippen MR) is 108 cm³/mol. The van der Waals surface area contributed by atoms with Crippen molar-refractivity contribution in [1.29, 1.82) is 0 Å². The van der Waals surface area contributed by atoms with Crippen LogP contribution in [-0.2, 0) is 4.79 Å². The summed E-state index contributed by atoms with van der Waals surface area (Å²) in [5, 5.41) is 2.96. The second kappa shape index (κ2) is 10.5. The van der Waals surface area contributed by atoms with Gasteiger partial charge < -0.3 is 5.32 Å². The van der Waals surface area contributed by atoms with Crippen molar-refractivity contribution >= 4 is 17.7 Å². The first-order valence-electron chi connectivity index (χ1n) is 9.48. The van der Waals surface area contributed by atoms with Gasteiger partial charge in [0.05, 0.1) is 0 Å². The van der Waals surface area contributed by atoms with Crippen molar-refractivity contribution in [3.05, 3.63) is 70.4 Å². The van der Waals surface area contributed by atoms with Crippen LogP contribution in [0.5, 0.6) is 0 Å². The average Bonchev–Trinajstić information content (AvgIpc) is 2.68. The van der Waals surface area contributed by atoms with Gasteiger partial charge in [0.15, 0.2) is 0 Å². The Morgan fingerprint density at radius 1 is 1.19 bits per heavy atom. The third-order valence-electron chi connectivity index (χ3n) is 4.58. The van der Waals surface area contributed by atoms with E-state index in [2.05, 4.69) is 19.2 Å². The molecule has 1 heterocycles. The van der Waals surface area contributed by atoms with Crippen molar-refractivity contribution in [1.82, 2.24) is 9.88 Å². The first-order chi connectivity index (χ1) is 13.0. The van der Waals surface area contributed by atoms with E-state index < -0.39 is 0 Å². The van der Waals surface area contributed by atoms with Gasteiger partial charge in [-0.3, -0.25) is 14.2 Å². The van der Waals surface area contributed by atoms with E-state index in [0.29, 0.717) is 18.0 Å². The van der Waals surface area contributed by atoms with Crippen LogP contribution in [0.4, 0.5) is 4.39 Å². The Hall–Kier alpha value is -2.69. The lowest BCUT2D eigenvalue weighted by atomic mass is 9.99. The number of benzene rings is 1. The molecule has 1 amide bonds. The van der Waals surface area contributed by atoms with Crippen molar-refractivity contribution in [2.45, 2.75) is 39.5 Å². The molecule has 0 saturated carbocycles. The van der Waals surface area contributed by atoms with Crippen molar-refractivity contribution in [3.8, 4) is 0 Å². The number of pyridine rings is 1. The van der Waals surface area contributed by atoms with Crippen LogP contribution < -0.4 is 10.9 Å². The summed E-state index contributed by atoms with van der Waals surface area (Å²) in [4.78, 5) is 25.1. The van der Waals surface area contributed by atoms with Crippen LogP contribution in [0.25, 0.3) is 11.8 Å². The molecule has 5 heteroatoms. The first-order valence-corrected chi connectivity index (χ1v) is 9.48. The van der Waals surface area contributed by atoms with E-state index in [1.165, 1.54) is 22.8 Å². The van der Waals surface area contributed by atoms with Gasteiger partial charge in [-0.1, -0.05) is 51.3 Å². The number of hydrogen-bond donors (Lipinski definition) is 1. The van der Waals surface area contributed by atoms with E-state index in [9.17, 15) is 14.0 Å². The molecule has 4 nitrogen and oxygen atoms in total. The molecule has 1 N–H and O–H groups in total. The van der Waals surface area contributed by atoms with Gasteiger partial charge >= 0.3 is 0 Å². The van der Waals surface area contributed by atoms with Gasteiger partial charge in [0.25, 0.3) is 11.5 Å². The molecule has 0 radical (unpaired) electrons. The summed E-state index contributed by atoms with van der Waals surface area (Å²) in [5.41, 5.74) is 0.576. The molecule has 0 unspecified atom stereocenters. The monoisotopic (exact) mass is 370 g/mol. The Balaban J connectivity index is 2.27. The topological polar surface area (TPSA) is 51.1 Å². The number of carbonyl (C=O) groups excluding carboxylic acids is 1. The molecule has 2 aromatic rings. The number of unbranched alkanes of at least 4 members (excludes halogenated alkanes) is 1. The lowest BCUT2D eigenvalue weighted by Gasteiger charge is -2.17. The van der Waals surface area contributed by atoms with Crippen molar-refractivity contribution < 1.29 is 9.18 Å². The smallest absolute Gasteiger partial charge is 0.268 e. The fourth-order valence-corrected chi connectivity index (χ4v) is 2.86. The molecule has 0 fully saturated rings. The molecule has 2 rings (SSSR count). The summed E-state index contributed by atoms with van der Waals surface area (Å²) >= 11 is 0. The Morgan fingerprint density at radius 3 is 2.56 bits per heavy atom. The van der Waals surface area contributed by atoms with Gasteiger partial charge in [-0.15, -0.1) is 0 Å². The van der Waals surface area contributed by atoms with Crippen molar-refractivity contribution in [2.24, 2.45) is 5.92 Å². The van der Waals surface area contributed by atoms with E-state index >= 15 is 0 Å². The fourth-order valence-electron chi connectivity index (χ4n) is 2.86. The zero-order chi connectivity index (χ0) is 19.6. The Labute approximate surface area is 159 Å². The highest BCUT2D eigenvalue weighted by Gasteiger charge is 2.15. The summed E-state index contributed by atoms with van der Waals surface area (Å²) in [5.74, 6) is -0.257. The maximum absolute atomic E-state index is 13.2. The minimum Gasteiger partial charge on any atom is -0.350 e. The van der Waals surface area contributed by atoms with E-state index in [1.807, 2.05) is 0 Å². The average molecular weight is 370 g/mol. The molecule has 1 aromatic heterocycles. The van der Waals surface area contributed by atoms with E-state index in [0.717, 1.165) is 25.7 Å². The summed E-state index contributed by atoms with van der Waals surface area (Å²) in [6.07, 6.45) is 7.47. The summed E-state index contributed by atoms with van der Waals surface area (Å²) in [7, 11) is 0. The standard InChI is InChI=1S/C22H27FN2O2/c1-3-5-8-17(4-2)16-24-22(27)20(25-14-7-6-9-21(25)26)15-18-10-12-19(23)13-11-18/h6-7,9-15,17H,3-5,8,16H2,1-2H3,(H,24,27)/b20-15+/t17-/m1/s1. The quantitative estimate of drug-likeness (QED) is 0.669. The number of amides is 1. The lowest BCUT2D eigenvalue weighted by molar-refractivity contribution is -0.116.